The van der Waals surface area contributed by atoms with Crippen LogP contribution in [0.1, 0.15) is 45.7 Å². The zero-order valence-corrected chi connectivity index (χ0v) is 15.7. The van der Waals surface area contributed by atoms with Gasteiger partial charge in [0.2, 0.25) is 0 Å². The number of benzene rings is 1. The average molecular weight is 316 g/mol. The lowest BCUT2D eigenvalue weighted by atomic mass is 10.0. The van der Waals surface area contributed by atoms with Gasteiger partial charge in [-0.3, -0.25) is 0 Å². The van der Waals surface area contributed by atoms with Gasteiger partial charge in [-0.15, -0.1) is 0 Å². The van der Waals surface area contributed by atoms with Gasteiger partial charge in [0.1, 0.15) is 11.0 Å². The Morgan fingerprint density at radius 1 is 1.00 bits per heavy atom. The van der Waals surface area contributed by atoms with Crippen molar-refractivity contribution < 1.29 is 4.21 Å². The van der Waals surface area contributed by atoms with Crippen LogP contribution >= 0.6 is 10.2 Å². The highest BCUT2D eigenvalue weighted by atomic mass is 32.3. The zero-order valence-electron chi connectivity index (χ0n) is 14.0. The van der Waals surface area contributed by atoms with E-state index in [9.17, 15) is 4.21 Å². The van der Waals surface area contributed by atoms with Gasteiger partial charge in [0.15, 0.2) is 0 Å². The SMILES string of the molecule is Cc1ccc(C(C)(C)[S@@](=O)NS(C)(C)C(C)(C)C)cc1. The Morgan fingerprint density at radius 2 is 1.45 bits per heavy atom. The normalized spacial score (nSPS) is 16.0. The summed E-state index contributed by atoms with van der Waals surface area (Å²) in [5.41, 5.74) is 2.34. The van der Waals surface area contributed by atoms with Crippen LogP contribution in [-0.4, -0.2) is 21.5 Å². The van der Waals surface area contributed by atoms with E-state index in [4.69, 9.17) is 0 Å². The van der Waals surface area contributed by atoms with Crippen LogP contribution in [-0.2, 0) is 15.7 Å². The molecule has 2 nitrogen and oxygen atoms in total. The Bertz CT molecular complexity index is 484. The van der Waals surface area contributed by atoms with Crippen molar-refractivity contribution in [3.63, 3.8) is 0 Å². The lowest BCUT2D eigenvalue weighted by molar-refractivity contribution is 0.640. The Kier molecular flexibility index (Phi) is 5.16. The summed E-state index contributed by atoms with van der Waals surface area (Å²) in [5.74, 6) is 0. The van der Waals surface area contributed by atoms with Crippen LogP contribution in [0.5, 0.6) is 0 Å². The monoisotopic (exact) mass is 315 g/mol. The second kappa shape index (κ2) is 5.82. The Hall–Kier alpha value is -0.320. The molecule has 0 heterocycles. The van der Waals surface area contributed by atoms with Gasteiger partial charge in [0, 0.05) is 4.75 Å². The highest BCUT2D eigenvalue weighted by Crippen LogP contribution is 2.50. The molecule has 0 aliphatic rings. The van der Waals surface area contributed by atoms with E-state index in [0.717, 1.165) is 5.56 Å². The molecule has 0 saturated carbocycles. The van der Waals surface area contributed by atoms with Gasteiger partial charge in [-0.05, 0) is 38.8 Å². The third-order valence-electron chi connectivity index (χ3n) is 4.03. The molecule has 1 atom stereocenters. The molecule has 0 fully saturated rings. The van der Waals surface area contributed by atoms with Gasteiger partial charge in [0.05, 0.1) is 4.75 Å². The van der Waals surface area contributed by atoms with E-state index < -0.39 is 25.9 Å². The third kappa shape index (κ3) is 3.86. The van der Waals surface area contributed by atoms with Crippen molar-refractivity contribution in [1.29, 1.82) is 0 Å². The number of rotatable bonds is 4. The van der Waals surface area contributed by atoms with Crippen LogP contribution in [0.4, 0.5) is 0 Å². The minimum absolute atomic E-state index is 0.117. The molecule has 0 aromatic heterocycles. The quantitative estimate of drug-likeness (QED) is 0.883. The fourth-order valence-electron chi connectivity index (χ4n) is 1.48. The summed E-state index contributed by atoms with van der Waals surface area (Å²) >= 11 is 0. The molecule has 0 bridgehead atoms. The first-order valence-electron chi connectivity index (χ1n) is 6.87. The molecule has 0 aliphatic heterocycles. The number of aryl methyl sites for hydroxylation is 1. The largest absolute Gasteiger partial charge is 0.241 e. The number of hydrogen-bond acceptors (Lipinski definition) is 1. The summed E-state index contributed by atoms with van der Waals surface area (Å²) in [6, 6.07) is 8.31. The van der Waals surface area contributed by atoms with Crippen LogP contribution in [0.3, 0.4) is 0 Å². The topological polar surface area (TPSA) is 29.1 Å². The van der Waals surface area contributed by atoms with Gasteiger partial charge in [-0.1, -0.05) is 50.6 Å². The van der Waals surface area contributed by atoms with Crippen molar-refractivity contribution in [1.82, 2.24) is 4.13 Å². The molecular weight excluding hydrogens is 286 g/mol. The predicted octanol–water partition coefficient (Wildman–Crippen LogP) is 4.26. The molecule has 0 aliphatic carbocycles. The highest BCUT2D eigenvalue weighted by molar-refractivity contribution is 8.35. The summed E-state index contributed by atoms with van der Waals surface area (Å²) in [7, 11) is -2.26. The number of nitrogens with one attached hydrogen (secondary N) is 1. The second-order valence-corrected chi connectivity index (χ2v) is 13.3. The Morgan fingerprint density at radius 3 is 1.85 bits per heavy atom. The molecular formula is C16H29NOS2. The van der Waals surface area contributed by atoms with Gasteiger partial charge in [0.25, 0.3) is 0 Å². The lowest BCUT2D eigenvalue weighted by Gasteiger charge is -2.46. The molecule has 1 aromatic carbocycles. The lowest BCUT2D eigenvalue weighted by Crippen LogP contribution is -2.41. The van der Waals surface area contributed by atoms with Crippen molar-refractivity contribution in [3.8, 4) is 0 Å². The summed E-state index contributed by atoms with van der Waals surface area (Å²) < 4.78 is 16.0. The maximum Gasteiger partial charge on any atom is 0.110 e. The van der Waals surface area contributed by atoms with Crippen molar-refractivity contribution >= 4 is 21.2 Å². The van der Waals surface area contributed by atoms with Crippen LogP contribution < -0.4 is 4.13 Å². The van der Waals surface area contributed by atoms with E-state index >= 15 is 0 Å². The molecule has 1 aromatic rings. The molecule has 1 N–H and O–H groups in total. The molecule has 0 unspecified atom stereocenters. The van der Waals surface area contributed by atoms with E-state index in [-0.39, 0.29) is 4.75 Å². The third-order valence-corrected chi connectivity index (χ3v) is 10.5. The second-order valence-electron chi connectivity index (χ2n) is 7.17. The maximum absolute atomic E-state index is 12.8. The first kappa shape index (κ1) is 17.7. The van der Waals surface area contributed by atoms with Gasteiger partial charge < -0.3 is 0 Å². The van der Waals surface area contributed by atoms with Crippen molar-refractivity contribution in [2.45, 2.75) is 51.0 Å². The minimum atomic E-state index is -1.15. The van der Waals surface area contributed by atoms with E-state index in [0.29, 0.717) is 0 Å². The minimum Gasteiger partial charge on any atom is -0.241 e. The van der Waals surface area contributed by atoms with Crippen molar-refractivity contribution in [2.24, 2.45) is 0 Å². The molecule has 0 radical (unpaired) electrons. The van der Waals surface area contributed by atoms with Gasteiger partial charge in [-0.2, -0.15) is 14.3 Å². The van der Waals surface area contributed by atoms with E-state index in [1.54, 1.807) is 0 Å². The summed E-state index contributed by atoms with van der Waals surface area (Å²) in [6.07, 6.45) is 4.38. The first-order valence-corrected chi connectivity index (χ1v) is 10.5. The maximum atomic E-state index is 12.8. The molecule has 1 rings (SSSR count). The summed E-state index contributed by atoms with van der Waals surface area (Å²) in [4.78, 5) is 0. The standard InChI is InChI=1S/C16H29NOS2/c1-13-9-11-14(12-10-13)16(5,6)19(18)17-20(7,8)15(2,3)4/h9-12,17H,1-8H3/t19-/m1/s1. The van der Waals surface area contributed by atoms with Crippen LogP contribution in [0, 0.1) is 6.92 Å². The Balaban J connectivity index is 2.99. The Labute approximate surface area is 128 Å². The highest BCUT2D eigenvalue weighted by Gasteiger charge is 2.35. The van der Waals surface area contributed by atoms with Crippen LogP contribution in [0.15, 0.2) is 24.3 Å². The molecule has 0 amide bonds. The first-order chi connectivity index (χ1) is 8.88. The summed E-state index contributed by atoms with van der Waals surface area (Å²) in [5, 5.41) is 0. The van der Waals surface area contributed by atoms with Crippen molar-refractivity contribution in [2.75, 3.05) is 12.5 Å². The van der Waals surface area contributed by atoms with Crippen molar-refractivity contribution in [3.05, 3.63) is 35.4 Å². The van der Waals surface area contributed by atoms with Gasteiger partial charge in [-0.25, -0.2) is 4.21 Å². The summed E-state index contributed by atoms with van der Waals surface area (Å²) in [6.45, 7) is 12.7. The fraction of sp³-hybridized carbons (Fsp3) is 0.625. The molecule has 116 valence electrons. The van der Waals surface area contributed by atoms with Crippen LogP contribution in [0.2, 0.25) is 0 Å². The fourth-order valence-corrected chi connectivity index (χ4v) is 5.18. The zero-order chi connectivity index (χ0) is 15.8. The van der Waals surface area contributed by atoms with E-state index in [2.05, 4.69) is 68.6 Å². The molecule has 20 heavy (non-hydrogen) atoms. The molecule has 4 heteroatoms. The number of hydrogen-bond donors (Lipinski definition) is 1. The average Bonchev–Trinajstić information content (AvgIpc) is 2.27. The van der Waals surface area contributed by atoms with E-state index in [1.807, 2.05) is 13.8 Å². The smallest absolute Gasteiger partial charge is 0.110 e. The van der Waals surface area contributed by atoms with E-state index in [1.165, 1.54) is 5.56 Å². The molecule has 0 saturated heterocycles. The predicted molar refractivity (Wildman–Crippen MR) is 94.7 cm³/mol. The molecule has 0 spiro atoms. The van der Waals surface area contributed by atoms with Gasteiger partial charge >= 0.3 is 0 Å². The van der Waals surface area contributed by atoms with Crippen LogP contribution in [0.25, 0.3) is 0 Å².